The second-order valence-electron chi connectivity index (χ2n) is 6.46. The van der Waals surface area contributed by atoms with Gasteiger partial charge < -0.3 is 0 Å². The Labute approximate surface area is 111 Å². The third-order valence-electron chi connectivity index (χ3n) is 5.09. The number of ketones is 1. The standard InChI is InChI=1S/C17H26O/c1-5-6-13-7-8-14-11-15(18)9-10-17(14,4)16(13)12(2)3/h11,13,16H,2,5-10H2,1,3-4H3. The van der Waals surface area contributed by atoms with Crippen molar-refractivity contribution in [3.63, 3.8) is 0 Å². The molecular formula is C17H26O. The zero-order valence-electron chi connectivity index (χ0n) is 12.1. The zero-order chi connectivity index (χ0) is 13.3. The maximum absolute atomic E-state index is 11.6. The van der Waals surface area contributed by atoms with Crippen LogP contribution in [0.15, 0.2) is 23.8 Å². The van der Waals surface area contributed by atoms with Crippen LogP contribution in [0.4, 0.5) is 0 Å². The maximum atomic E-state index is 11.6. The quantitative estimate of drug-likeness (QED) is 0.660. The molecule has 0 heterocycles. The largest absolute Gasteiger partial charge is 0.295 e. The molecule has 1 nitrogen and oxygen atoms in total. The first-order chi connectivity index (χ1) is 8.49. The number of hydrogen-bond acceptors (Lipinski definition) is 1. The number of rotatable bonds is 3. The molecule has 1 fully saturated rings. The SMILES string of the molecule is C=C(C)C1C(CCC)CCC2=CC(=O)CCC21C. The van der Waals surface area contributed by atoms with Crippen molar-refractivity contribution in [3.05, 3.63) is 23.8 Å². The Balaban J connectivity index is 2.36. The molecule has 0 aromatic carbocycles. The predicted octanol–water partition coefficient (Wildman–Crippen LogP) is 4.68. The summed E-state index contributed by atoms with van der Waals surface area (Å²) < 4.78 is 0. The number of hydrogen-bond donors (Lipinski definition) is 0. The summed E-state index contributed by atoms with van der Waals surface area (Å²) in [5, 5.41) is 0. The first kappa shape index (κ1) is 13.6. The Kier molecular flexibility index (Phi) is 3.79. The van der Waals surface area contributed by atoms with E-state index in [-0.39, 0.29) is 5.41 Å². The van der Waals surface area contributed by atoms with Gasteiger partial charge in [0.05, 0.1) is 0 Å². The molecule has 0 aromatic heterocycles. The average Bonchev–Trinajstić information content (AvgIpc) is 2.30. The van der Waals surface area contributed by atoms with E-state index in [9.17, 15) is 4.79 Å². The third kappa shape index (κ3) is 2.20. The highest BCUT2D eigenvalue weighted by molar-refractivity contribution is 5.91. The van der Waals surface area contributed by atoms with E-state index in [1.807, 2.05) is 6.08 Å². The zero-order valence-corrected chi connectivity index (χ0v) is 12.1. The highest BCUT2D eigenvalue weighted by atomic mass is 16.1. The lowest BCUT2D eigenvalue weighted by atomic mass is 9.54. The molecule has 1 saturated carbocycles. The summed E-state index contributed by atoms with van der Waals surface area (Å²) in [6, 6.07) is 0. The van der Waals surface area contributed by atoms with Crippen LogP contribution in [-0.2, 0) is 4.79 Å². The van der Waals surface area contributed by atoms with Crippen LogP contribution in [0.3, 0.4) is 0 Å². The molecule has 0 aromatic rings. The summed E-state index contributed by atoms with van der Waals surface area (Å²) >= 11 is 0. The van der Waals surface area contributed by atoms with Crippen LogP contribution < -0.4 is 0 Å². The molecule has 2 rings (SSSR count). The van der Waals surface area contributed by atoms with Gasteiger partial charge in [-0.15, -0.1) is 0 Å². The first-order valence-corrected chi connectivity index (χ1v) is 7.38. The fraction of sp³-hybridized carbons (Fsp3) is 0.706. The number of allylic oxidation sites excluding steroid dienone is 3. The van der Waals surface area contributed by atoms with E-state index in [1.54, 1.807) is 0 Å². The molecule has 0 aliphatic heterocycles. The van der Waals surface area contributed by atoms with Crippen LogP contribution in [0.25, 0.3) is 0 Å². The van der Waals surface area contributed by atoms with E-state index in [0.717, 1.165) is 25.2 Å². The van der Waals surface area contributed by atoms with Crippen LogP contribution in [0.5, 0.6) is 0 Å². The molecule has 0 radical (unpaired) electrons. The van der Waals surface area contributed by atoms with Gasteiger partial charge in [0.2, 0.25) is 0 Å². The molecule has 18 heavy (non-hydrogen) atoms. The van der Waals surface area contributed by atoms with Gasteiger partial charge in [-0.05, 0) is 49.5 Å². The van der Waals surface area contributed by atoms with Crippen LogP contribution in [0.1, 0.15) is 59.3 Å². The molecule has 1 heteroatoms. The molecule has 0 saturated heterocycles. The topological polar surface area (TPSA) is 17.1 Å². The smallest absolute Gasteiger partial charge is 0.155 e. The molecule has 0 N–H and O–H groups in total. The van der Waals surface area contributed by atoms with E-state index in [2.05, 4.69) is 27.4 Å². The molecule has 2 aliphatic rings. The van der Waals surface area contributed by atoms with Crippen molar-refractivity contribution in [2.24, 2.45) is 17.3 Å². The monoisotopic (exact) mass is 246 g/mol. The minimum absolute atomic E-state index is 0.206. The molecule has 0 amide bonds. The summed E-state index contributed by atoms with van der Waals surface area (Å²) in [4.78, 5) is 11.6. The van der Waals surface area contributed by atoms with E-state index in [4.69, 9.17) is 0 Å². The Morgan fingerprint density at radius 2 is 2.22 bits per heavy atom. The van der Waals surface area contributed by atoms with Gasteiger partial charge in [0.25, 0.3) is 0 Å². The van der Waals surface area contributed by atoms with Crippen LogP contribution in [0, 0.1) is 17.3 Å². The fourth-order valence-corrected chi connectivity index (χ4v) is 4.34. The normalized spacial score (nSPS) is 35.9. The fourth-order valence-electron chi connectivity index (χ4n) is 4.34. The molecular weight excluding hydrogens is 220 g/mol. The molecule has 2 aliphatic carbocycles. The number of fused-ring (bicyclic) bond motifs is 1. The Morgan fingerprint density at radius 3 is 2.83 bits per heavy atom. The third-order valence-corrected chi connectivity index (χ3v) is 5.09. The minimum Gasteiger partial charge on any atom is -0.295 e. The Bertz CT molecular complexity index is 390. The van der Waals surface area contributed by atoms with E-state index >= 15 is 0 Å². The van der Waals surface area contributed by atoms with Crippen molar-refractivity contribution in [1.82, 2.24) is 0 Å². The van der Waals surface area contributed by atoms with Crippen molar-refractivity contribution in [2.75, 3.05) is 0 Å². The highest BCUT2D eigenvalue weighted by Gasteiger charge is 2.46. The molecule has 3 atom stereocenters. The van der Waals surface area contributed by atoms with Crippen LogP contribution >= 0.6 is 0 Å². The predicted molar refractivity (Wildman–Crippen MR) is 76.4 cm³/mol. The van der Waals surface area contributed by atoms with Gasteiger partial charge in [0.1, 0.15) is 0 Å². The first-order valence-electron chi connectivity index (χ1n) is 7.38. The van der Waals surface area contributed by atoms with E-state index < -0.39 is 0 Å². The van der Waals surface area contributed by atoms with Gasteiger partial charge >= 0.3 is 0 Å². The summed E-state index contributed by atoms with van der Waals surface area (Å²) in [6.07, 6.45) is 8.60. The second kappa shape index (κ2) is 5.03. The lowest BCUT2D eigenvalue weighted by molar-refractivity contribution is -0.116. The van der Waals surface area contributed by atoms with Crippen molar-refractivity contribution in [3.8, 4) is 0 Å². The average molecular weight is 246 g/mol. The molecule has 0 bridgehead atoms. The van der Waals surface area contributed by atoms with E-state index in [1.165, 1.54) is 30.4 Å². The van der Waals surface area contributed by atoms with Gasteiger partial charge in [0.15, 0.2) is 5.78 Å². The Morgan fingerprint density at radius 1 is 1.50 bits per heavy atom. The molecule has 100 valence electrons. The Hall–Kier alpha value is -0.850. The van der Waals surface area contributed by atoms with Gasteiger partial charge in [-0.2, -0.15) is 0 Å². The lowest BCUT2D eigenvalue weighted by Crippen LogP contribution is -2.41. The highest BCUT2D eigenvalue weighted by Crippen LogP contribution is 2.55. The van der Waals surface area contributed by atoms with Crippen LogP contribution in [-0.4, -0.2) is 5.78 Å². The van der Waals surface area contributed by atoms with Gasteiger partial charge in [-0.25, -0.2) is 0 Å². The van der Waals surface area contributed by atoms with Crippen molar-refractivity contribution < 1.29 is 4.79 Å². The minimum atomic E-state index is 0.206. The van der Waals surface area contributed by atoms with Gasteiger partial charge in [-0.3, -0.25) is 4.79 Å². The summed E-state index contributed by atoms with van der Waals surface area (Å²) in [5.74, 6) is 1.67. The van der Waals surface area contributed by atoms with Crippen molar-refractivity contribution >= 4 is 5.78 Å². The summed E-state index contributed by atoms with van der Waals surface area (Å²) in [7, 11) is 0. The van der Waals surface area contributed by atoms with Gasteiger partial charge in [0, 0.05) is 6.42 Å². The van der Waals surface area contributed by atoms with E-state index in [0.29, 0.717) is 11.7 Å². The number of carbonyl (C=O) groups is 1. The second-order valence-corrected chi connectivity index (χ2v) is 6.46. The molecule has 0 spiro atoms. The van der Waals surface area contributed by atoms with Gasteiger partial charge in [-0.1, -0.05) is 44.4 Å². The maximum Gasteiger partial charge on any atom is 0.155 e. The number of carbonyl (C=O) groups excluding carboxylic acids is 1. The lowest BCUT2D eigenvalue weighted by Gasteiger charge is -2.50. The molecule has 3 unspecified atom stereocenters. The van der Waals surface area contributed by atoms with Crippen LogP contribution in [0.2, 0.25) is 0 Å². The van der Waals surface area contributed by atoms with Crippen molar-refractivity contribution in [2.45, 2.75) is 59.3 Å². The summed E-state index contributed by atoms with van der Waals surface area (Å²) in [6.45, 7) is 11.1. The van der Waals surface area contributed by atoms with Crippen molar-refractivity contribution in [1.29, 1.82) is 0 Å². The summed E-state index contributed by atoms with van der Waals surface area (Å²) in [5.41, 5.74) is 2.92.